The van der Waals surface area contributed by atoms with Gasteiger partial charge in [-0.2, -0.15) is 0 Å². The van der Waals surface area contributed by atoms with Crippen molar-refractivity contribution in [3.63, 3.8) is 0 Å². The summed E-state index contributed by atoms with van der Waals surface area (Å²) in [5.41, 5.74) is 0. The number of hydrogen-bond acceptors (Lipinski definition) is 1. The molecule has 2 heteroatoms. The summed E-state index contributed by atoms with van der Waals surface area (Å²) >= 11 is 0. The fourth-order valence-corrected chi connectivity index (χ4v) is 3.50. The average molecular weight is 206 g/mol. The van der Waals surface area contributed by atoms with Crippen molar-refractivity contribution in [2.24, 2.45) is 23.7 Å². The molecule has 0 aromatic rings. The predicted octanol–water partition coefficient (Wildman–Crippen LogP) is 2.87. The van der Waals surface area contributed by atoms with Gasteiger partial charge in [0.05, 0.1) is 0 Å². The van der Waals surface area contributed by atoms with Crippen molar-refractivity contribution in [1.29, 1.82) is 0 Å². The van der Waals surface area contributed by atoms with Crippen molar-refractivity contribution in [3.8, 4) is 0 Å². The molecule has 3 aliphatic rings. The summed E-state index contributed by atoms with van der Waals surface area (Å²) in [5.74, 6) is 3.38. The van der Waals surface area contributed by atoms with Crippen LogP contribution in [0.5, 0.6) is 0 Å². The third-order valence-electron chi connectivity index (χ3n) is 4.10. The molecule has 0 aliphatic heterocycles. The van der Waals surface area contributed by atoms with E-state index in [0.717, 1.165) is 29.7 Å². The summed E-state index contributed by atoms with van der Waals surface area (Å²) < 4.78 is 0. The molecular weight excluding hydrogens is 188 g/mol. The van der Waals surface area contributed by atoms with Crippen molar-refractivity contribution in [1.82, 2.24) is 0 Å². The summed E-state index contributed by atoms with van der Waals surface area (Å²) in [4.78, 5) is 9.25. The molecule has 2 saturated carbocycles. The number of rotatable bonds is 1. The van der Waals surface area contributed by atoms with E-state index >= 15 is 0 Å². The Labute approximate surface area is 90.7 Å². The van der Waals surface area contributed by atoms with E-state index < -0.39 is 5.97 Å². The largest absolute Gasteiger partial charge is 0.478 e. The van der Waals surface area contributed by atoms with E-state index in [-0.39, 0.29) is 0 Å². The Balaban J connectivity index is 0.000000149. The predicted molar refractivity (Wildman–Crippen MR) is 59.4 cm³/mol. The highest BCUT2D eigenvalue weighted by Crippen LogP contribution is 2.56. The summed E-state index contributed by atoms with van der Waals surface area (Å²) in [5, 5.41) is 7.60. The van der Waals surface area contributed by atoms with Crippen LogP contribution in [0.3, 0.4) is 0 Å². The van der Waals surface area contributed by atoms with E-state index in [4.69, 9.17) is 5.11 Å². The van der Waals surface area contributed by atoms with Gasteiger partial charge in [0.1, 0.15) is 0 Å². The van der Waals surface area contributed by atoms with Crippen LogP contribution in [-0.2, 0) is 4.79 Å². The van der Waals surface area contributed by atoms with Gasteiger partial charge in [0.25, 0.3) is 0 Å². The molecule has 2 nitrogen and oxygen atoms in total. The summed E-state index contributed by atoms with van der Waals surface area (Å²) in [6, 6.07) is 0. The summed E-state index contributed by atoms with van der Waals surface area (Å²) in [7, 11) is 0. The molecule has 0 heterocycles. The topological polar surface area (TPSA) is 37.3 Å². The van der Waals surface area contributed by atoms with Crippen molar-refractivity contribution in [2.75, 3.05) is 0 Å². The van der Waals surface area contributed by atoms with Crippen LogP contribution in [0.4, 0.5) is 0 Å². The molecule has 15 heavy (non-hydrogen) atoms. The molecule has 0 spiro atoms. The first-order valence-electron chi connectivity index (χ1n) is 5.74. The number of fused-ring (bicyclic) bond motifs is 5. The molecule has 0 aromatic carbocycles. The molecule has 0 amide bonds. The Kier molecular flexibility index (Phi) is 2.94. The number of carbonyl (C=O) groups is 1. The van der Waals surface area contributed by atoms with Crippen molar-refractivity contribution in [3.05, 3.63) is 24.8 Å². The van der Waals surface area contributed by atoms with Crippen LogP contribution in [0.25, 0.3) is 0 Å². The zero-order valence-electron chi connectivity index (χ0n) is 8.93. The number of carboxylic acids is 1. The van der Waals surface area contributed by atoms with Gasteiger partial charge in [0.15, 0.2) is 0 Å². The van der Waals surface area contributed by atoms with Crippen LogP contribution < -0.4 is 0 Å². The molecule has 1 N–H and O–H groups in total. The molecule has 3 aliphatic carbocycles. The van der Waals surface area contributed by atoms with E-state index in [0.29, 0.717) is 0 Å². The first kappa shape index (κ1) is 10.5. The first-order valence-corrected chi connectivity index (χ1v) is 5.74. The van der Waals surface area contributed by atoms with E-state index in [1.165, 1.54) is 12.8 Å². The van der Waals surface area contributed by atoms with Gasteiger partial charge >= 0.3 is 5.97 Å². The highest BCUT2D eigenvalue weighted by Gasteiger charge is 2.47. The second-order valence-corrected chi connectivity index (χ2v) is 4.78. The van der Waals surface area contributed by atoms with E-state index in [9.17, 15) is 4.79 Å². The molecule has 3 rings (SSSR count). The van der Waals surface area contributed by atoms with Crippen LogP contribution in [0.15, 0.2) is 24.8 Å². The monoisotopic (exact) mass is 206 g/mol. The molecule has 82 valence electrons. The zero-order valence-corrected chi connectivity index (χ0v) is 8.93. The molecule has 4 atom stereocenters. The highest BCUT2D eigenvalue weighted by molar-refractivity contribution is 5.78. The molecule has 0 radical (unpaired) electrons. The fourth-order valence-electron chi connectivity index (χ4n) is 3.50. The van der Waals surface area contributed by atoms with Crippen molar-refractivity contribution >= 4 is 5.97 Å². The zero-order chi connectivity index (χ0) is 10.8. The fraction of sp³-hybridized carbons (Fsp3) is 0.615. The third kappa shape index (κ3) is 1.99. The van der Waals surface area contributed by atoms with Crippen LogP contribution in [0.2, 0.25) is 0 Å². The van der Waals surface area contributed by atoms with Gasteiger partial charge in [0, 0.05) is 6.08 Å². The maximum Gasteiger partial charge on any atom is 0.327 e. The normalized spacial score (nSPS) is 39.5. The smallest absolute Gasteiger partial charge is 0.327 e. The molecule has 4 unspecified atom stereocenters. The third-order valence-corrected chi connectivity index (χ3v) is 4.10. The molecule has 2 bridgehead atoms. The van der Waals surface area contributed by atoms with Crippen LogP contribution in [0.1, 0.15) is 25.7 Å². The lowest BCUT2D eigenvalue weighted by Gasteiger charge is -2.23. The SMILES string of the molecule is C1=CC2C3CCC(C3)C2C1.C=CC(=O)O. The number of carboxylic acid groups (broad SMARTS) is 1. The maximum atomic E-state index is 9.25. The number of allylic oxidation sites excluding steroid dienone is 2. The molecule has 2 fully saturated rings. The van der Waals surface area contributed by atoms with Crippen LogP contribution >= 0.6 is 0 Å². The lowest BCUT2D eigenvalue weighted by atomic mass is 9.82. The molecule has 0 aromatic heterocycles. The van der Waals surface area contributed by atoms with Gasteiger partial charge in [-0.15, -0.1) is 0 Å². The second kappa shape index (κ2) is 4.21. The maximum absolute atomic E-state index is 9.25. The van der Waals surface area contributed by atoms with E-state index in [1.54, 1.807) is 12.8 Å². The minimum Gasteiger partial charge on any atom is -0.478 e. The van der Waals surface area contributed by atoms with Gasteiger partial charge in [-0.3, -0.25) is 0 Å². The lowest BCUT2D eigenvalue weighted by Crippen LogP contribution is -2.16. The Morgan fingerprint density at radius 2 is 2.07 bits per heavy atom. The quantitative estimate of drug-likeness (QED) is 0.529. The van der Waals surface area contributed by atoms with Gasteiger partial charge in [-0.05, 0) is 49.4 Å². The number of aliphatic carboxylic acids is 1. The number of hydrogen-bond donors (Lipinski definition) is 1. The summed E-state index contributed by atoms with van der Waals surface area (Å²) in [6.45, 7) is 2.96. The minimum atomic E-state index is -0.981. The molecular formula is C13H18O2. The summed E-state index contributed by atoms with van der Waals surface area (Å²) in [6.07, 6.45) is 11.8. The minimum absolute atomic E-state index is 0.833. The van der Waals surface area contributed by atoms with Gasteiger partial charge in [-0.1, -0.05) is 18.7 Å². The lowest BCUT2D eigenvalue weighted by molar-refractivity contribution is -0.131. The standard InChI is InChI=1S/C10H14.C3H4O2/c1-2-9-7-4-5-8(6-7)10(9)3-1;1-2-3(4)5/h1-2,7-10H,3-6H2;2H,1H2,(H,4,5). The van der Waals surface area contributed by atoms with Gasteiger partial charge in [-0.25, -0.2) is 4.79 Å². The van der Waals surface area contributed by atoms with Crippen LogP contribution in [-0.4, -0.2) is 11.1 Å². The first-order chi connectivity index (χ1) is 7.22. The Morgan fingerprint density at radius 3 is 2.67 bits per heavy atom. The van der Waals surface area contributed by atoms with Crippen LogP contribution in [0, 0.1) is 23.7 Å². The van der Waals surface area contributed by atoms with Crippen molar-refractivity contribution < 1.29 is 9.90 Å². The van der Waals surface area contributed by atoms with Gasteiger partial charge < -0.3 is 5.11 Å². The Bertz CT molecular complexity index is 293. The second-order valence-electron chi connectivity index (χ2n) is 4.78. The van der Waals surface area contributed by atoms with Crippen molar-refractivity contribution in [2.45, 2.75) is 25.7 Å². The van der Waals surface area contributed by atoms with E-state index in [1.807, 2.05) is 0 Å². The average Bonchev–Trinajstić information content (AvgIpc) is 2.91. The Hall–Kier alpha value is -1.05. The van der Waals surface area contributed by atoms with E-state index in [2.05, 4.69) is 18.7 Å². The Morgan fingerprint density at radius 1 is 1.40 bits per heavy atom. The van der Waals surface area contributed by atoms with Gasteiger partial charge in [0.2, 0.25) is 0 Å². The molecule has 0 saturated heterocycles. The highest BCUT2D eigenvalue weighted by atomic mass is 16.4.